The van der Waals surface area contributed by atoms with Gasteiger partial charge in [0.15, 0.2) is 23.3 Å². The van der Waals surface area contributed by atoms with Crippen molar-refractivity contribution in [2.45, 2.75) is 19.4 Å². The van der Waals surface area contributed by atoms with Crippen molar-refractivity contribution in [3.8, 4) is 0 Å². The van der Waals surface area contributed by atoms with Gasteiger partial charge in [-0.3, -0.25) is 0 Å². The van der Waals surface area contributed by atoms with Crippen molar-refractivity contribution in [1.29, 1.82) is 0 Å². The van der Waals surface area contributed by atoms with E-state index in [4.69, 9.17) is 5.11 Å². The predicted molar refractivity (Wildman–Crippen MR) is 60.1 cm³/mol. The maximum absolute atomic E-state index is 13.3. The fourth-order valence-electron chi connectivity index (χ4n) is 1.36. The van der Waals surface area contributed by atoms with Crippen LogP contribution >= 0.6 is 0 Å². The SMILES string of the molecule is CC[C@H](NC(=O)Nc1c(F)c(F)c(F)c(F)c1F)C(=O)O. The van der Waals surface area contributed by atoms with E-state index in [0.29, 0.717) is 0 Å². The first-order valence-corrected chi connectivity index (χ1v) is 5.52. The van der Waals surface area contributed by atoms with Crippen molar-refractivity contribution < 1.29 is 36.6 Å². The van der Waals surface area contributed by atoms with Gasteiger partial charge in [-0.25, -0.2) is 31.5 Å². The first-order chi connectivity index (χ1) is 9.70. The fraction of sp³-hybridized carbons (Fsp3) is 0.273. The van der Waals surface area contributed by atoms with Crippen LogP contribution in [0.4, 0.5) is 32.4 Å². The lowest BCUT2D eigenvalue weighted by Crippen LogP contribution is -2.42. The molecule has 0 radical (unpaired) electrons. The molecule has 21 heavy (non-hydrogen) atoms. The minimum atomic E-state index is -2.37. The van der Waals surface area contributed by atoms with Gasteiger partial charge in [0, 0.05) is 0 Å². The Kier molecular flexibility index (Phi) is 5.06. The molecule has 0 saturated heterocycles. The molecule has 1 atom stereocenters. The second kappa shape index (κ2) is 6.37. The normalized spacial score (nSPS) is 11.9. The predicted octanol–water partition coefficient (Wildman–Crippen LogP) is 2.37. The summed E-state index contributed by atoms with van der Waals surface area (Å²) in [7, 11) is 0. The Morgan fingerprint density at radius 3 is 1.81 bits per heavy atom. The first kappa shape index (κ1) is 16.7. The van der Waals surface area contributed by atoms with Gasteiger partial charge < -0.3 is 15.7 Å². The monoisotopic (exact) mass is 312 g/mol. The molecule has 116 valence electrons. The zero-order valence-electron chi connectivity index (χ0n) is 10.4. The molecule has 0 aliphatic carbocycles. The molecule has 0 unspecified atom stereocenters. The van der Waals surface area contributed by atoms with E-state index in [1.165, 1.54) is 12.2 Å². The zero-order chi connectivity index (χ0) is 16.3. The average molecular weight is 312 g/mol. The van der Waals surface area contributed by atoms with Crippen LogP contribution in [0.2, 0.25) is 0 Å². The third kappa shape index (κ3) is 3.38. The van der Waals surface area contributed by atoms with Crippen LogP contribution in [0, 0.1) is 29.1 Å². The van der Waals surface area contributed by atoms with Gasteiger partial charge in [-0.1, -0.05) is 6.92 Å². The summed E-state index contributed by atoms with van der Waals surface area (Å²) in [6.07, 6.45) is -0.0557. The Hall–Kier alpha value is -2.39. The molecule has 0 fully saturated rings. The summed E-state index contributed by atoms with van der Waals surface area (Å²) in [6, 6.07) is -2.81. The van der Waals surface area contributed by atoms with Gasteiger partial charge in [-0.2, -0.15) is 0 Å². The maximum Gasteiger partial charge on any atom is 0.326 e. The highest BCUT2D eigenvalue weighted by molar-refractivity contribution is 5.92. The van der Waals surface area contributed by atoms with Gasteiger partial charge in [-0.15, -0.1) is 0 Å². The molecule has 0 heterocycles. The van der Waals surface area contributed by atoms with Gasteiger partial charge in [0.1, 0.15) is 11.7 Å². The smallest absolute Gasteiger partial charge is 0.326 e. The minimum Gasteiger partial charge on any atom is -0.480 e. The Balaban J connectivity index is 3.04. The second-order valence-electron chi connectivity index (χ2n) is 3.84. The molecule has 0 aliphatic rings. The Bertz CT molecular complexity index is 565. The van der Waals surface area contributed by atoms with Gasteiger partial charge in [0.25, 0.3) is 0 Å². The summed E-state index contributed by atoms with van der Waals surface area (Å²) in [4.78, 5) is 22.0. The molecule has 10 heteroatoms. The molecule has 0 aromatic heterocycles. The van der Waals surface area contributed by atoms with Crippen molar-refractivity contribution in [2.24, 2.45) is 0 Å². The van der Waals surface area contributed by atoms with Crippen molar-refractivity contribution in [3.05, 3.63) is 29.1 Å². The molecule has 3 N–H and O–H groups in total. The summed E-state index contributed by atoms with van der Waals surface area (Å²) in [5.74, 6) is -12.7. The first-order valence-electron chi connectivity index (χ1n) is 5.52. The Labute approximate surface area is 114 Å². The van der Waals surface area contributed by atoms with E-state index >= 15 is 0 Å². The summed E-state index contributed by atoms with van der Waals surface area (Å²) in [5, 5.41) is 11.9. The van der Waals surface area contributed by atoms with E-state index in [9.17, 15) is 31.5 Å². The topological polar surface area (TPSA) is 78.4 Å². The highest BCUT2D eigenvalue weighted by Gasteiger charge is 2.27. The van der Waals surface area contributed by atoms with Crippen LogP contribution in [0.15, 0.2) is 0 Å². The van der Waals surface area contributed by atoms with Crippen LogP contribution in [0.25, 0.3) is 0 Å². The number of hydrogen-bond donors (Lipinski definition) is 3. The van der Waals surface area contributed by atoms with Crippen LogP contribution in [0.3, 0.4) is 0 Å². The number of carboxylic acids is 1. The summed E-state index contributed by atoms with van der Waals surface area (Å²) in [5.41, 5.74) is -1.57. The van der Waals surface area contributed by atoms with Gasteiger partial charge in [0.05, 0.1) is 0 Å². The van der Waals surface area contributed by atoms with Crippen LogP contribution in [-0.4, -0.2) is 23.1 Å². The molecule has 1 rings (SSSR count). The molecule has 0 bridgehead atoms. The van der Waals surface area contributed by atoms with E-state index in [0.717, 1.165) is 0 Å². The van der Waals surface area contributed by atoms with Crippen LogP contribution in [0.5, 0.6) is 0 Å². The lowest BCUT2D eigenvalue weighted by Gasteiger charge is -2.14. The molecule has 1 aromatic carbocycles. The fourth-order valence-corrected chi connectivity index (χ4v) is 1.36. The number of hydrogen-bond acceptors (Lipinski definition) is 2. The molecule has 0 aliphatic heterocycles. The zero-order valence-corrected chi connectivity index (χ0v) is 10.4. The number of rotatable bonds is 4. The van der Waals surface area contributed by atoms with E-state index in [1.54, 1.807) is 5.32 Å². The molecule has 2 amide bonds. The van der Waals surface area contributed by atoms with Crippen molar-refractivity contribution in [1.82, 2.24) is 5.32 Å². The number of carbonyl (C=O) groups is 2. The van der Waals surface area contributed by atoms with E-state index in [-0.39, 0.29) is 6.42 Å². The summed E-state index contributed by atoms with van der Waals surface area (Å²) >= 11 is 0. The third-order valence-corrected chi connectivity index (χ3v) is 2.46. The number of carboxylic acid groups (broad SMARTS) is 1. The average Bonchev–Trinajstić information content (AvgIpc) is 2.44. The number of anilines is 1. The molecule has 0 saturated carbocycles. The van der Waals surface area contributed by atoms with E-state index in [1.807, 2.05) is 0 Å². The molecule has 0 spiro atoms. The number of benzene rings is 1. The maximum atomic E-state index is 13.3. The largest absolute Gasteiger partial charge is 0.480 e. The highest BCUT2D eigenvalue weighted by Crippen LogP contribution is 2.26. The van der Waals surface area contributed by atoms with Gasteiger partial charge in [0.2, 0.25) is 5.82 Å². The Morgan fingerprint density at radius 2 is 1.43 bits per heavy atom. The van der Waals surface area contributed by atoms with E-state index in [2.05, 4.69) is 0 Å². The van der Waals surface area contributed by atoms with Crippen LogP contribution in [-0.2, 0) is 4.79 Å². The number of carbonyl (C=O) groups excluding carboxylic acids is 1. The summed E-state index contributed by atoms with van der Waals surface area (Å²) in [6.45, 7) is 1.40. The number of nitrogens with one attached hydrogen (secondary N) is 2. The molecule has 5 nitrogen and oxygen atoms in total. The third-order valence-electron chi connectivity index (χ3n) is 2.46. The van der Waals surface area contributed by atoms with Crippen molar-refractivity contribution >= 4 is 17.7 Å². The van der Waals surface area contributed by atoms with Crippen LogP contribution in [0.1, 0.15) is 13.3 Å². The minimum absolute atomic E-state index is 0.0557. The quantitative estimate of drug-likeness (QED) is 0.454. The highest BCUT2D eigenvalue weighted by atomic mass is 19.2. The number of urea groups is 1. The van der Waals surface area contributed by atoms with E-state index < -0.39 is 52.8 Å². The lowest BCUT2D eigenvalue weighted by molar-refractivity contribution is -0.139. The number of aliphatic carboxylic acids is 1. The van der Waals surface area contributed by atoms with Crippen molar-refractivity contribution in [3.63, 3.8) is 0 Å². The molecular weight excluding hydrogens is 303 g/mol. The lowest BCUT2D eigenvalue weighted by atomic mass is 10.2. The van der Waals surface area contributed by atoms with Crippen molar-refractivity contribution in [2.75, 3.05) is 5.32 Å². The number of amides is 2. The second-order valence-corrected chi connectivity index (χ2v) is 3.84. The standard InChI is InChI=1S/C11H9F5N2O3/c1-2-3(10(19)20)17-11(21)18-9-7(15)5(13)4(12)6(14)8(9)16/h3H,2H2,1H3,(H,19,20)(H2,17,18,21)/t3-/m0/s1. The Morgan fingerprint density at radius 1 is 1.00 bits per heavy atom. The molecular formula is C11H9F5N2O3. The summed E-state index contributed by atoms with van der Waals surface area (Å²) < 4.78 is 65.1. The number of halogens is 5. The van der Waals surface area contributed by atoms with Gasteiger partial charge >= 0.3 is 12.0 Å². The van der Waals surface area contributed by atoms with Gasteiger partial charge in [-0.05, 0) is 6.42 Å². The van der Waals surface area contributed by atoms with Crippen LogP contribution < -0.4 is 10.6 Å². The molecule has 1 aromatic rings.